The Kier molecular flexibility index (Phi) is 5.36. The van der Waals surface area contributed by atoms with E-state index < -0.39 is 23.0 Å². The quantitative estimate of drug-likeness (QED) is 0.618. The van der Waals surface area contributed by atoms with E-state index in [4.69, 9.17) is 9.47 Å². The molecule has 0 fully saturated rings. The molecule has 1 aliphatic rings. The summed E-state index contributed by atoms with van der Waals surface area (Å²) in [6.07, 6.45) is 6.51. The number of benzene rings is 1. The molecule has 1 aromatic rings. The zero-order valence-electron chi connectivity index (χ0n) is 15.4. The van der Waals surface area contributed by atoms with Crippen LogP contribution in [-0.4, -0.2) is 29.5 Å². The summed E-state index contributed by atoms with van der Waals surface area (Å²) in [7, 11) is 1.26. The highest BCUT2D eigenvalue weighted by Crippen LogP contribution is 2.33. The maximum Gasteiger partial charge on any atom is 0.332 e. The second-order valence-corrected chi connectivity index (χ2v) is 7.03. The van der Waals surface area contributed by atoms with Gasteiger partial charge in [0.25, 0.3) is 0 Å². The van der Waals surface area contributed by atoms with E-state index >= 15 is 0 Å². The largest absolute Gasteiger partial charge is 0.468 e. The summed E-state index contributed by atoms with van der Waals surface area (Å²) in [6.45, 7) is 7.32. The van der Waals surface area contributed by atoms with E-state index in [0.29, 0.717) is 0 Å². The van der Waals surface area contributed by atoms with E-state index in [9.17, 15) is 9.59 Å². The van der Waals surface area contributed by atoms with Crippen LogP contribution in [0, 0.1) is 5.41 Å². The van der Waals surface area contributed by atoms with Gasteiger partial charge in [0.2, 0.25) is 5.41 Å². The van der Waals surface area contributed by atoms with Crippen LogP contribution in [0.25, 0.3) is 0 Å². The molecule has 1 atom stereocenters. The van der Waals surface area contributed by atoms with Gasteiger partial charge in [0, 0.05) is 12.4 Å². The minimum atomic E-state index is -1.56. The molecule has 134 valence electrons. The molecule has 5 nitrogen and oxygen atoms in total. The molecule has 2 rings (SSSR count). The van der Waals surface area contributed by atoms with Gasteiger partial charge in [-0.15, -0.1) is 0 Å². The lowest BCUT2D eigenvalue weighted by Gasteiger charge is -2.33. The summed E-state index contributed by atoms with van der Waals surface area (Å²) in [4.78, 5) is 26.9. The second-order valence-electron chi connectivity index (χ2n) is 7.03. The van der Waals surface area contributed by atoms with Crippen molar-refractivity contribution in [3.8, 4) is 0 Å². The molecular formula is C20H25NO4. The van der Waals surface area contributed by atoms with Crippen LogP contribution in [0.1, 0.15) is 39.3 Å². The molecule has 25 heavy (non-hydrogen) atoms. The van der Waals surface area contributed by atoms with Crippen LogP contribution in [0.3, 0.4) is 0 Å². The molecule has 0 spiro atoms. The fraction of sp³-hybridized carbons (Fsp3) is 0.400. The fourth-order valence-electron chi connectivity index (χ4n) is 2.56. The number of methoxy groups -OCH3 is 1. The number of hydrogen-bond acceptors (Lipinski definition) is 5. The topological polar surface area (TPSA) is 55.8 Å². The maximum absolute atomic E-state index is 12.6. The number of rotatable bonds is 4. The number of carbonyl (C=O) groups is 2. The van der Waals surface area contributed by atoms with Crippen LogP contribution >= 0.6 is 0 Å². The molecule has 0 amide bonds. The van der Waals surface area contributed by atoms with Crippen LogP contribution in [0.2, 0.25) is 0 Å². The molecule has 5 heteroatoms. The van der Waals surface area contributed by atoms with E-state index in [1.807, 2.05) is 42.2 Å². The van der Waals surface area contributed by atoms with Gasteiger partial charge in [0.05, 0.1) is 13.2 Å². The van der Waals surface area contributed by atoms with Gasteiger partial charge in [-0.2, -0.15) is 0 Å². The lowest BCUT2D eigenvalue weighted by Crippen LogP contribution is -2.43. The minimum Gasteiger partial charge on any atom is -0.468 e. The normalized spacial score (nSPS) is 17.1. The third-order valence-corrected chi connectivity index (χ3v) is 4.01. The fourth-order valence-corrected chi connectivity index (χ4v) is 2.56. The third-order valence-electron chi connectivity index (χ3n) is 4.01. The Morgan fingerprint density at radius 1 is 1.04 bits per heavy atom. The van der Waals surface area contributed by atoms with Gasteiger partial charge < -0.3 is 14.4 Å². The first-order chi connectivity index (χ1) is 11.7. The van der Waals surface area contributed by atoms with Crippen molar-refractivity contribution >= 4 is 11.9 Å². The van der Waals surface area contributed by atoms with Crippen molar-refractivity contribution in [2.75, 3.05) is 7.11 Å². The third kappa shape index (κ3) is 4.10. The molecule has 0 saturated carbocycles. The van der Waals surface area contributed by atoms with Crippen LogP contribution in [-0.2, 0) is 19.1 Å². The van der Waals surface area contributed by atoms with E-state index in [2.05, 4.69) is 0 Å². The van der Waals surface area contributed by atoms with Crippen molar-refractivity contribution in [3.05, 3.63) is 60.4 Å². The number of esters is 2. The van der Waals surface area contributed by atoms with Crippen molar-refractivity contribution < 1.29 is 19.1 Å². The Morgan fingerprint density at radius 3 is 2.08 bits per heavy atom. The molecule has 0 bridgehead atoms. The summed E-state index contributed by atoms with van der Waals surface area (Å²) < 4.78 is 10.3. The highest BCUT2D eigenvalue weighted by Gasteiger charge is 2.47. The standard InChI is InChI=1S/C20H25NO4/c1-15(16-9-7-6-8-10-16)21-13-11-20(12-14-21,17(22)24-5)18(23)25-19(2,3)4/h6-15H,1-5H3/t15-/m0/s1. The molecule has 0 radical (unpaired) electrons. The molecule has 1 heterocycles. The van der Waals surface area contributed by atoms with Crippen LogP contribution in [0.4, 0.5) is 0 Å². The molecule has 0 aromatic heterocycles. The minimum absolute atomic E-state index is 0.0583. The van der Waals surface area contributed by atoms with Gasteiger partial charge in [-0.1, -0.05) is 30.3 Å². The average Bonchev–Trinajstić information content (AvgIpc) is 2.59. The van der Waals surface area contributed by atoms with Crippen LogP contribution in [0.15, 0.2) is 54.9 Å². The Balaban J connectivity index is 2.27. The highest BCUT2D eigenvalue weighted by molar-refractivity contribution is 6.04. The lowest BCUT2D eigenvalue weighted by atomic mass is 9.86. The van der Waals surface area contributed by atoms with E-state index in [0.717, 1.165) is 5.56 Å². The van der Waals surface area contributed by atoms with Gasteiger partial charge in [-0.05, 0) is 45.4 Å². The zero-order valence-corrected chi connectivity index (χ0v) is 15.4. The van der Waals surface area contributed by atoms with E-state index in [1.165, 1.54) is 19.3 Å². The molecule has 0 N–H and O–H groups in total. The first kappa shape index (κ1) is 18.8. The van der Waals surface area contributed by atoms with Gasteiger partial charge in [-0.3, -0.25) is 9.59 Å². The van der Waals surface area contributed by atoms with E-state index in [-0.39, 0.29) is 6.04 Å². The molecular weight excluding hydrogens is 318 g/mol. The maximum atomic E-state index is 12.6. The molecule has 0 aliphatic carbocycles. The summed E-state index contributed by atoms with van der Waals surface area (Å²) in [5, 5.41) is 0. The Hall–Kier alpha value is -2.56. The van der Waals surface area contributed by atoms with Crippen molar-refractivity contribution in [1.82, 2.24) is 4.90 Å². The summed E-state index contributed by atoms with van der Waals surface area (Å²) in [6, 6.07) is 10.0. The van der Waals surface area contributed by atoms with E-state index in [1.54, 1.807) is 33.2 Å². The Labute approximate surface area is 148 Å². The SMILES string of the molecule is COC(=O)C1(C(=O)OC(C)(C)C)C=CN([C@@H](C)c2ccccc2)C=C1. The smallest absolute Gasteiger partial charge is 0.332 e. The number of carbonyl (C=O) groups excluding carboxylic acids is 2. The summed E-state index contributed by atoms with van der Waals surface area (Å²) in [5.74, 6) is -1.31. The molecule has 0 saturated heterocycles. The summed E-state index contributed by atoms with van der Waals surface area (Å²) in [5.41, 5.74) is -1.14. The average molecular weight is 343 g/mol. The summed E-state index contributed by atoms with van der Waals surface area (Å²) >= 11 is 0. The monoisotopic (exact) mass is 343 g/mol. The van der Waals surface area contributed by atoms with Gasteiger partial charge in [0.1, 0.15) is 5.60 Å². The van der Waals surface area contributed by atoms with Crippen molar-refractivity contribution in [2.24, 2.45) is 5.41 Å². The van der Waals surface area contributed by atoms with Crippen molar-refractivity contribution in [2.45, 2.75) is 39.3 Å². The van der Waals surface area contributed by atoms with Gasteiger partial charge >= 0.3 is 11.9 Å². The first-order valence-corrected chi connectivity index (χ1v) is 8.22. The second kappa shape index (κ2) is 7.13. The Morgan fingerprint density at radius 2 is 1.60 bits per heavy atom. The van der Waals surface area contributed by atoms with Crippen molar-refractivity contribution in [3.63, 3.8) is 0 Å². The highest BCUT2D eigenvalue weighted by atomic mass is 16.6. The van der Waals surface area contributed by atoms with Gasteiger partial charge in [-0.25, -0.2) is 0 Å². The zero-order chi connectivity index (χ0) is 18.7. The number of nitrogens with zero attached hydrogens (tertiary/aromatic N) is 1. The predicted molar refractivity (Wildman–Crippen MR) is 95.3 cm³/mol. The van der Waals surface area contributed by atoms with Crippen molar-refractivity contribution in [1.29, 1.82) is 0 Å². The van der Waals surface area contributed by atoms with Crippen LogP contribution < -0.4 is 0 Å². The van der Waals surface area contributed by atoms with Crippen LogP contribution in [0.5, 0.6) is 0 Å². The Bertz CT molecular complexity index is 671. The number of hydrogen-bond donors (Lipinski definition) is 0. The number of ether oxygens (including phenoxy) is 2. The van der Waals surface area contributed by atoms with Gasteiger partial charge in [0.15, 0.2) is 0 Å². The molecule has 1 aromatic carbocycles. The lowest BCUT2D eigenvalue weighted by molar-refractivity contribution is -0.171. The molecule has 1 aliphatic heterocycles. The molecule has 0 unspecified atom stereocenters. The predicted octanol–water partition coefficient (Wildman–Crippen LogP) is 3.59. The first-order valence-electron chi connectivity index (χ1n) is 8.22.